The molecule has 6 nitrogen and oxygen atoms in total. The fourth-order valence-electron chi connectivity index (χ4n) is 3.97. The van der Waals surface area contributed by atoms with Crippen molar-refractivity contribution in [1.82, 2.24) is 5.32 Å². The van der Waals surface area contributed by atoms with Gasteiger partial charge in [0.05, 0.1) is 6.42 Å². The van der Waals surface area contributed by atoms with E-state index in [0.29, 0.717) is 11.3 Å². The Labute approximate surface area is 159 Å². The SMILES string of the molecule is Cc1ccc(C(=O)NC2CC2)cc1NC(=O)CC1(CC(=O)O)CCCCC1. The average molecular weight is 372 g/mol. The van der Waals surface area contributed by atoms with E-state index >= 15 is 0 Å². The number of hydrogen-bond acceptors (Lipinski definition) is 3. The van der Waals surface area contributed by atoms with Crippen LogP contribution < -0.4 is 10.6 Å². The maximum Gasteiger partial charge on any atom is 0.303 e. The minimum atomic E-state index is -0.848. The Morgan fingerprint density at radius 1 is 1.11 bits per heavy atom. The highest BCUT2D eigenvalue weighted by atomic mass is 16.4. The molecule has 27 heavy (non-hydrogen) atoms. The summed E-state index contributed by atoms with van der Waals surface area (Å²) in [5.41, 5.74) is 1.57. The van der Waals surface area contributed by atoms with Crippen LogP contribution in [0.1, 0.15) is 73.7 Å². The highest BCUT2D eigenvalue weighted by Crippen LogP contribution is 2.42. The Morgan fingerprint density at radius 3 is 2.44 bits per heavy atom. The molecular weight excluding hydrogens is 344 g/mol. The van der Waals surface area contributed by atoms with Crippen LogP contribution in [0.2, 0.25) is 0 Å². The molecule has 0 heterocycles. The molecule has 6 heteroatoms. The van der Waals surface area contributed by atoms with E-state index in [-0.39, 0.29) is 30.7 Å². The van der Waals surface area contributed by atoms with E-state index in [9.17, 15) is 19.5 Å². The van der Waals surface area contributed by atoms with Crippen LogP contribution in [0, 0.1) is 12.3 Å². The number of carboxylic acid groups (broad SMARTS) is 1. The first kappa shape index (κ1) is 19.4. The van der Waals surface area contributed by atoms with E-state index in [1.165, 1.54) is 0 Å². The van der Waals surface area contributed by atoms with Crippen LogP contribution in [0.3, 0.4) is 0 Å². The van der Waals surface area contributed by atoms with Gasteiger partial charge in [0.15, 0.2) is 0 Å². The second-order valence-corrected chi connectivity index (χ2v) is 8.13. The number of amides is 2. The second-order valence-electron chi connectivity index (χ2n) is 8.13. The third kappa shape index (κ3) is 5.31. The van der Waals surface area contributed by atoms with Crippen LogP contribution >= 0.6 is 0 Å². The van der Waals surface area contributed by atoms with Gasteiger partial charge in [0, 0.05) is 23.7 Å². The molecule has 1 aromatic carbocycles. The monoisotopic (exact) mass is 372 g/mol. The first-order valence-electron chi connectivity index (χ1n) is 9.80. The molecular formula is C21H28N2O4. The normalized spacial score (nSPS) is 18.6. The summed E-state index contributed by atoms with van der Waals surface area (Å²) < 4.78 is 0. The van der Waals surface area contributed by atoms with E-state index in [4.69, 9.17) is 0 Å². The second kappa shape index (κ2) is 8.11. The Hall–Kier alpha value is -2.37. The molecule has 0 aromatic heterocycles. The molecule has 0 aliphatic heterocycles. The maximum atomic E-state index is 12.7. The van der Waals surface area contributed by atoms with Crippen LogP contribution in [-0.2, 0) is 9.59 Å². The van der Waals surface area contributed by atoms with Gasteiger partial charge in [0.25, 0.3) is 5.91 Å². The lowest BCUT2D eigenvalue weighted by Gasteiger charge is -2.35. The molecule has 3 N–H and O–H groups in total. The van der Waals surface area contributed by atoms with Crippen molar-refractivity contribution in [2.24, 2.45) is 5.41 Å². The van der Waals surface area contributed by atoms with Crippen LogP contribution in [0.15, 0.2) is 18.2 Å². The Balaban J connectivity index is 1.68. The lowest BCUT2D eigenvalue weighted by Crippen LogP contribution is -2.32. The average Bonchev–Trinajstić information content (AvgIpc) is 3.40. The largest absolute Gasteiger partial charge is 0.481 e. The fraction of sp³-hybridized carbons (Fsp3) is 0.571. The fourth-order valence-corrected chi connectivity index (χ4v) is 3.97. The molecule has 146 valence electrons. The van der Waals surface area contributed by atoms with Gasteiger partial charge in [-0.1, -0.05) is 25.3 Å². The van der Waals surface area contributed by atoms with Gasteiger partial charge >= 0.3 is 5.97 Å². The van der Waals surface area contributed by atoms with Crippen LogP contribution in [0.5, 0.6) is 0 Å². The number of rotatable bonds is 7. The number of aliphatic carboxylic acids is 1. The Kier molecular flexibility index (Phi) is 5.82. The van der Waals surface area contributed by atoms with Crippen molar-refractivity contribution in [3.8, 4) is 0 Å². The summed E-state index contributed by atoms with van der Waals surface area (Å²) in [6.07, 6.45) is 6.86. The summed E-state index contributed by atoms with van der Waals surface area (Å²) in [4.78, 5) is 36.2. The van der Waals surface area contributed by atoms with Crippen molar-refractivity contribution in [2.45, 2.75) is 70.8 Å². The molecule has 2 aliphatic rings. The van der Waals surface area contributed by atoms with E-state index in [1.807, 2.05) is 13.0 Å². The van der Waals surface area contributed by atoms with Crippen LogP contribution in [-0.4, -0.2) is 28.9 Å². The predicted octanol–water partition coefficient (Wildman–Crippen LogP) is 3.64. The molecule has 2 amide bonds. The lowest BCUT2D eigenvalue weighted by molar-refractivity contribution is -0.140. The smallest absolute Gasteiger partial charge is 0.303 e. The van der Waals surface area contributed by atoms with Gasteiger partial charge in [0.2, 0.25) is 5.91 Å². The summed E-state index contributed by atoms with van der Waals surface area (Å²) in [7, 11) is 0. The number of carboxylic acids is 1. The van der Waals surface area contributed by atoms with Gasteiger partial charge in [-0.15, -0.1) is 0 Å². The summed E-state index contributed by atoms with van der Waals surface area (Å²) in [6.45, 7) is 1.88. The molecule has 3 rings (SSSR count). The summed E-state index contributed by atoms with van der Waals surface area (Å²) >= 11 is 0. The van der Waals surface area contributed by atoms with E-state index in [1.54, 1.807) is 12.1 Å². The number of benzene rings is 1. The van der Waals surface area contributed by atoms with E-state index < -0.39 is 11.4 Å². The highest BCUT2D eigenvalue weighted by Gasteiger charge is 2.36. The number of aryl methyl sites for hydroxylation is 1. The van der Waals surface area contributed by atoms with E-state index in [2.05, 4.69) is 10.6 Å². The van der Waals surface area contributed by atoms with Crippen molar-refractivity contribution in [3.05, 3.63) is 29.3 Å². The number of nitrogens with one attached hydrogen (secondary N) is 2. The lowest BCUT2D eigenvalue weighted by atomic mass is 9.69. The van der Waals surface area contributed by atoms with Crippen LogP contribution in [0.4, 0.5) is 5.69 Å². The van der Waals surface area contributed by atoms with Gasteiger partial charge < -0.3 is 15.7 Å². The van der Waals surface area contributed by atoms with Crippen molar-refractivity contribution in [3.63, 3.8) is 0 Å². The molecule has 0 unspecified atom stereocenters. The van der Waals surface area contributed by atoms with Gasteiger partial charge in [-0.2, -0.15) is 0 Å². The molecule has 0 radical (unpaired) electrons. The quantitative estimate of drug-likeness (QED) is 0.681. The summed E-state index contributed by atoms with van der Waals surface area (Å²) in [5, 5.41) is 15.1. The molecule has 0 atom stereocenters. The van der Waals surface area contributed by atoms with Gasteiger partial charge in [-0.25, -0.2) is 0 Å². The summed E-state index contributed by atoms with van der Waals surface area (Å²) in [6, 6.07) is 5.57. The Bertz CT molecular complexity index is 734. The zero-order chi connectivity index (χ0) is 19.4. The number of anilines is 1. The first-order valence-corrected chi connectivity index (χ1v) is 9.80. The van der Waals surface area contributed by atoms with Gasteiger partial charge in [-0.3, -0.25) is 14.4 Å². The molecule has 1 aromatic rings. The number of carbonyl (C=O) groups is 3. The zero-order valence-electron chi connectivity index (χ0n) is 15.8. The molecule has 0 spiro atoms. The topological polar surface area (TPSA) is 95.5 Å². The van der Waals surface area contributed by atoms with E-state index in [0.717, 1.165) is 50.5 Å². The standard InChI is InChI=1S/C21H28N2O4/c1-14-5-6-15(20(27)22-16-7-8-16)11-17(14)23-18(24)12-21(13-19(25)26)9-3-2-4-10-21/h5-6,11,16H,2-4,7-10,12-13H2,1H3,(H,22,27)(H,23,24)(H,25,26). The van der Waals surface area contributed by atoms with Crippen molar-refractivity contribution < 1.29 is 19.5 Å². The number of hydrogen-bond donors (Lipinski definition) is 3. The number of carbonyl (C=O) groups excluding carboxylic acids is 2. The van der Waals surface area contributed by atoms with Gasteiger partial charge in [-0.05, 0) is 55.7 Å². The highest BCUT2D eigenvalue weighted by molar-refractivity contribution is 5.98. The first-order chi connectivity index (χ1) is 12.9. The maximum absolute atomic E-state index is 12.7. The van der Waals surface area contributed by atoms with Crippen molar-refractivity contribution in [1.29, 1.82) is 0 Å². The zero-order valence-corrected chi connectivity index (χ0v) is 15.8. The third-order valence-electron chi connectivity index (χ3n) is 5.66. The third-order valence-corrected chi connectivity index (χ3v) is 5.66. The Morgan fingerprint density at radius 2 is 1.81 bits per heavy atom. The molecule has 2 fully saturated rings. The van der Waals surface area contributed by atoms with Crippen LogP contribution in [0.25, 0.3) is 0 Å². The molecule has 0 bridgehead atoms. The van der Waals surface area contributed by atoms with Crippen molar-refractivity contribution in [2.75, 3.05) is 5.32 Å². The minimum absolute atomic E-state index is 0.0310. The molecule has 0 saturated heterocycles. The van der Waals surface area contributed by atoms with Gasteiger partial charge in [0.1, 0.15) is 0 Å². The molecule has 2 aliphatic carbocycles. The molecule has 2 saturated carbocycles. The van der Waals surface area contributed by atoms with Crippen molar-refractivity contribution >= 4 is 23.5 Å². The predicted molar refractivity (Wildman–Crippen MR) is 103 cm³/mol. The minimum Gasteiger partial charge on any atom is -0.481 e. The summed E-state index contributed by atoms with van der Waals surface area (Å²) in [5.74, 6) is -1.15.